The van der Waals surface area contributed by atoms with E-state index in [2.05, 4.69) is 10.3 Å². The Morgan fingerprint density at radius 3 is 2.96 bits per heavy atom. The van der Waals surface area contributed by atoms with Crippen LogP contribution in [0.1, 0.15) is 17.5 Å². The molecule has 0 radical (unpaired) electrons. The van der Waals surface area contributed by atoms with Crippen LogP contribution in [0.5, 0.6) is 0 Å². The lowest BCUT2D eigenvalue weighted by Crippen LogP contribution is -2.43. The second kappa shape index (κ2) is 6.21. The average Bonchev–Trinajstić information content (AvgIpc) is 2.53. The summed E-state index contributed by atoms with van der Waals surface area (Å²) < 4.78 is 5.39. The maximum Gasteiger partial charge on any atom is 0.360 e. The van der Waals surface area contributed by atoms with Gasteiger partial charge in [-0.3, -0.25) is 10.1 Å². The molecule has 3 rings (SSSR count). The van der Waals surface area contributed by atoms with Crippen LogP contribution in [0.3, 0.4) is 0 Å². The number of nitrogens with zero attached hydrogens (tertiary/aromatic N) is 2. The summed E-state index contributed by atoms with van der Waals surface area (Å²) in [6.45, 7) is 0. The Labute approximate surface area is 136 Å². The molecule has 122 valence electrons. The van der Waals surface area contributed by atoms with Gasteiger partial charge in [0.1, 0.15) is 16.9 Å². The first-order chi connectivity index (χ1) is 11.0. The average molecular weight is 335 g/mol. The lowest BCUT2D eigenvalue weighted by atomic mass is 10.2. The number of benzene rings is 1. The highest BCUT2D eigenvalue weighted by Crippen LogP contribution is 2.30. The fourth-order valence-electron chi connectivity index (χ4n) is 2.42. The Hall–Kier alpha value is -2.06. The van der Waals surface area contributed by atoms with Crippen molar-refractivity contribution in [2.75, 3.05) is 24.7 Å². The molecule has 1 aromatic carbocycles. The molecule has 7 nitrogen and oxygen atoms in total. The quantitative estimate of drug-likeness (QED) is 0.870. The maximum atomic E-state index is 12.2. The van der Waals surface area contributed by atoms with Gasteiger partial charge in [-0.2, -0.15) is 0 Å². The summed E-state index contributed by atoms with van der Waals surface area (Å²) in [5.74, 6) is -0.274. The molecule has 0 amide bonds. The number of carboxylic acid groups (broad SMARTS) is 1. The third-order valence-electron chi connectivity index (χ3n) is 3.70. The van der Waals surface area contributed by atoms with Gasteiger partial charge < -0.3 is 14.4 Å². The molecule has 2 N–H and O–H groups in total. The highest BCUT2D eigenvalue weighted by Gasteiger charge is 2.30. The van der Waals surface area contributed by atoms with Gasteiger partial charge in [0.05, 0.1) is 0 Å². The van der Waals surface area contributed by atoms with Crippen LogP contribution in [0.2, 0.25) is 0 Å². The van der Waals surface area contributed by atoms with Crippen LogP contribution in [0, 0.1) is 0 Å². The molecule has 1 aromatic heterocycles. The summed E-state index contributed by atoms with van der Waals surface area (Å²) in [5.41, 5.74) is 1.58. The molecule has 0 spiro atoms. The Balaban J connectivity index is 1.98. The molecule has 1 fully saturated rings. The van der Waals surface area contributed by atoms with Crippen molar-refractivity contribution in [1.82, 2.24) is 10.3 Å². The minimum absolute atomic E-state index is 0.214. The summed E-state index contributed by atoms with van der Waals surface area (Å²) in [5, 5.41) is 11.6. The van der Waals surface area contributed by atoms with Gasteiger partial charge in [-0.15, -0.1) is 11.8 Å². The normalized spacial score (nSPS) is 21.3. The second-order valence-electron chi connectivity index (χ2n) is 5.53. The first-order valence-corrected chi connectivity index (χ1v) is 8.23. The molecular formula is C15H17N3O4S. The van der Waals surface area contributed by atoms with Crippen LogP contribution >= 0.6 is 11.8 Å². The molecule has 2 atom stereocenters. The Morgan fingerprint density at radius 1 is 1.48 bits per heavy atom. The Morgan fingerprint density at radius 2 is 2.26 bits per heavy atom. The largest absolute Gasteiger partial charge is 0.480 e. The van der Waals surface area contributed by atoms with Crippen LogP contribution in [-0.2, 0) is 4.79 Å². The minimum atomic E-state index is -0.920. The van der Waals surface area contributed by atoms with Crippen molar-refractivity contribution in [1.29, 1.82) is 0 Å². The van der Waals surface area contributed by atoms with Gasteiger partial charge in [0, 0.05) is 25.8 Å². The van der Waals surface area contributed by atoms with Gasteiger partial charge in [-0.1, -0.05) is 0 Å². The zero-order chi connectivity index (χ0) is 16.6. The van der Waals surface area contributed by atoms with E-state index >= 15 is 0 Å². The topological polar surface area (TPSA) is 95.7 Å². The van der Waals surface area contributed by atoms with Crippen LogP contribution in [0.4, 0.5) is 5.69 Å². The number of anilines is 1. The first kappa shape index (κ1) is 15.8. The molecular weight excluding hydrogens is 318 g/mol. The van der Waals surface area contributed by atoms with Crippen molar-refractivity contribution in [2.24, 2.45) is 0 Å². The number of hydrogen-bond donors (Lipinski definition) is 2. The Bertz CT molecular complexity index is 805. The van der Waals surface area contributed by atoms with Crippen LogP contribution in [0.25, 0.3) is 11.1 Å². The first-order valence-electron chi connectivity index (χ1n) is 7.18. The number of aromatic nitrogens is 1. The fraction of sp³-hybridized carbons (Fsp3) is 0.400. The standard InChI is InChI=1S/C15H17N3O4S/c1-18(2)8-3-4-9-11(7-8)22-15(21)12(16-9)13-17-10(14(19)20)5-6-23-13/h3-4,7,10,13,17H,5-6H2,1-2H3,(H,19,20). The number of aliphatic carboxylic acids is 1. The summed E-state index contributed by atoms with van der Waals surface area (Å²) in [6.07, 6.45) is 0.515. The molecule has 1 saturated heterocycles. The van der Waals surface area contributed by atoms with E-state index in [9.17, 15) is 9.59 Å². The van der Waals surface area contributed by atoms with Gasteiger partial charge in [-0.05, 0) is 24.3 Å². The lowest BCUT2D eigenvalue weighted by Gasteiger charge is -2.26. The maximum absolute atomic E-state index is 12.2. The zero-order valence-corrected chi connectivity index (χ0v) is 13.6. The zero-order valence-electron chi connectivity index (χ0n) is 12.8. The molecule has 1 aliphatic heterocycles. The van der Waals surface area contributed by atoms with E-state index in [1.807, 2.05) is 25.1 Å². The molecule has 0 aliphatic carbocycles. The van der Waals surface area contributed by atoms with Crippen LogP contribution in [0.15, 0.2) is 27.4 Å². The highest BCUT2D eigenvalue weighted by atomic mass is 32.2. The third kappa shape index (κ3) is 3.18. The van der Waals surface area contributed by atoms with Gasteiger partial charge in [0.2, 0.25) is 0 Å². The molecule has 23 heavy (non-hydrogen) atoms. The molecule has 2 unspecified atom stereocenters. The number of rotatable bonds is 3. The molecule has 0 saturated carbocycles. The number of hydrogen-bond acceptors (Lipinski definition) is 7. The van der Waals surface area contributed by atoms with Crippen LogP contribution < -0.4 is 15.8 Å². The van der Waals surface area contributed by atoms with Gasteiger partial charge >= 0.3 is 11.6 Å². The van der Waals surface area contributed by atoms with Gasteiger partial charge in [0.25, 0.3) is 0 Å². The molecule has 8 heteroatoms. The number of carboxylic acids is 1. The van der Waals surface area contributed by atoms with E-state index < -0.39 is 23.0 Å². The van der Waals surface area contributed by atoms with Crippen LogP contribution in [-0.4, -0.2) is 41.9 Å². The SMILES string of the molecule is CN(C)c1ccc2nc(C3NC(C(=O)O)CCS3)c(=O)oc2c1. The number of carbonyl (C=O) groups is 1. The lowest BCUT2D eigenvalue weighted by molar-refractivity contribution is -0.139. The van der Waals surface area contributed by atoms with Crippen molar-refractivity contribution in [3.63, 3.8) is 0 Å². The summed E-state index contributed by atoms with van der Waals surface area (Å²) >= 11 is 1.46. The van der Waals surface area contributed by atoms with E-state index in [0.717, 1.165) is 5.69 Å². The van der Waals surface area contributed by atoms with Gasteiger partial charge in [0.15, 0.2) is 11.3 Å². The van der Waals surface area contributed by atoms with Crippen molar-refractivity contribution in [3.05, 3.63) is 34.3 Å². The summed E-state index contributed by atoms with van der Waals surface area (Å²) in [7, 11) is 3.80. The minimum Gasteiger partial charge on any atom is -0.480 e. The van der Waals surface area contributed by atoms with Crippen molar-refractivity contribution in [3.8, 4) is 0 Å². The molecule has 2 aromatic rings. The molecule has 2 heterocycles. The number of nitrogens with one attached hydrogen (secondary N) is 1. The third-order valence-corrected chi connectivity index (χ3v) is 4.87. The summed E-state index contributed by atoms with van der Waals surface area (Å²) in [6, 6.07) is 4.77. The van der Waals surface area contributed by atoms with E-state index in [1.165, 1.54) is 11.8 Å². The predicted molar refractivity (Wildman–Crippen MR) is 89.0 cm³/mol. The van der Waals surface area contributed by atoms with Gasteiger partial charge in [-0.25, -0.2) is 9.78 Å². The predicted octanol–water partition coefficient (Wildman–Crippen LogP) is 1.43. The second-order valence-corrected chi connectivity index (χ2v) is 6.74. The van der Waals surface area contributed by atoms with E-state index in [0.29, 0.717) is 23.3 Å². The molecule has 0 bridgehead atoms. The molecule has 1 aliphatic rings. The monoisotopic (exact) mass is 335 g/mol. The Kier molecular flexibility index (Phi) is 4.27. The highest BCUT2D eigenvalue weighted by molar-refractivity contribution is 7.99. The smallest absolute Gasteiger partial charge is 0.360 e. The van der Waals surface area contributed by atoms with E-state index in [-0.39, 0.29) is 5.69 Å². The van der Waals surface area contributed by atoms with Crippen molar-refractivity contribution >= 4 is 34.5 Å². The van der Waals surface area contributed by atoms with Crippen molar-refractivity contribution < 1.29 is 14.3 Å². The van der Waals surface area contributed by atoms with E-state index in [4.69, 9.17) is 9.52 Å². The fourth-order valence-corrected chi connectivity index (χ4v) is 3.59. The number of fused-ring (bicyclic) bond motifs is 1. The van der Waals surface area contributed by atoms with E-state index in [1.54, 1.807) is 12.1 Å². The number of thioether (sulfide) groups is 1. The van der Waals surface area contributed by atoms with Crippen molar-refractivity contribution in [2.45, 2.75) is 17.8 Å². The summed E-state index contributed by atoms with van der Waals surface area (Å²) in [4.78, 5) is 29.7.